The van der Waals surface area contributed by atoms with Crippen molar-refractivity contribution in [3.63, 3.8) is 0 Å². The zero-order valence-electron chi connectivity index (χ0n) is 10.5. The number of nitrogens with one attached hydrogen (secondary N) is 1. The van der Waals surface area contributed by atoms with Crippen LogP contribution in [-0.4, -0.2) is 14.2 Å². The van der Waals surface area contributed by atoms with Gasteiger partial charge in [-0.05, 0) is 31.5 Å². The van der Waals surface area contributed by atoms with Gasteiger partial charge in [0.1, 0.15) is 5.75 Å². The number of ether oxygens (including phenoxy) is 1. The van der Waals surface area contributed by atoms with Gasteiger partial charge in [-0.2, -0.15) is 0 Å². The highest BCUT2D eigenvalue weighted by atomic mass is 35.5. The van der Waals surface area contributed by atoms with Crippen LogP contribution in [0.3, 0.4) is 0 Å². The van der Waals surface area contributed by atoms with Crippen molar-refractivity contribution < 1.29 is 4.74 Å². The standard InChI is InChI=1S/C14H20ClNO/c1-16-13(8-10-4-3-5-10)12-7-6-11(15)9-14(12)17-2/h6-7,9-10,13,16H,3-5,8H2,1-2H3. The van der Waals surface area contributed by atoms with Crippen LogP contribution in [0.1, 0.15) is 37.3 Å². The topological polar surface area (TPSA) is 21.3 Å². The molecule has 1 unspecified atom stereocenters. The van der Waals surface area contributed by atoms with E-state index in [-0.39, 0.29) is 0 Å². The van der Waals surface area contributed by atoms with Crippen LogP contribution in [0.15, 0.2) is 18.2 Å². The van der Waals surface area contributed by atoms with Crippen molar-refractivity contribution >= 4 is 11.6 Å². The molecule has 1 saturated carbocycles. The lowest BCUT2D eigenvalue weighted by Crippen LogP contribution is -2.23. The molecular weight excluding hydrogens is 234 g/mol. The quantitative estimate of drug-likeness (QED) is 0.862. The van der Waals surface area contributed by atoms with Crippen LogP contribution in [0.5, 0.6) is 5.75 Å². The Hall–Kier alpha value is -0.730. The Morgan fingerprint density at radius 3 is 2.76 bits per heavy atom. The van der Waals surface area contributed by atoms with E-state index < -0.39 is 0 Å². The smallest absolute Gasteiger partial charge is 0.125 e. The number of benzene rings is 1. The molecule has 1 aliphatic carbocycles. The first-order chi connectivity index (χ1) is 8.24. The largest absolute Gasteiger partial charge is 0.496 e. The maximum Gasteiger partial charge on any atom is 0.125 e. The summed E-state index contributed by atoms with van der Waals surface area (Å²) >= 11 is 5.99. The van der Waals surface area contributed by atoms with Gasteiger partial charge in [-0.25, -0.2) is 0 Å². The molecule has 94 valence electrons. The van der Waals surface area contributed by atoms with E-state index in [0.29, 0.717) is 6.04 Å². The van der Waals surface area contributed by atoms with Crippen molar-refractivity contribution in [1.29, 1.82) is 0 Å². The third-order valence-corrected chi connectivity index (χ3v) is 3.95. The first-order valence-electron chi connectivity index (χ1n) is 6.25. The van der Waals surface area contributed by atoms with Crippen molar-refractivity contribution in [3.05, 3.63) is 28.8 Å². The first kappa shape index (κ1) is 12.7. The normalized spacial score (nSPS) is 17.6. The molecule has 0 saturated heterocycles. The van der Waals surface area contributed by atoms with Gasteiger partial charge >= 0.3 is 0 Å². The van der Waals surface area contributed by atoms with Crippen LogP contribution in [0.25, 0.3) is 0 Å². The van der Waals surface area contributed by atoms with E-state index in [2.05, 4.69) is 11.4 Å². The van der Waals surface area contributed by atoms with Gasteiger partial charge < -0.3 is 10.1 Å². The molecule has 17 heavy (non-hydrogen) atoms. The Bertz CT molecular complexity index is 376. The van der Waals surface area contributed by atoms with Crippen LogP contribution in [0, 0.1) is 5.92 Å². The van der Waals surface area contributed by atoms with E-state index in [4.69, 9.17) is 16.3 Å². The lowest BCUT2D eigenvalue weighted by molar-refractivity contribution is 0.263. The summed E-state index contributed by atoms with van der Waals surface area (Å²) in [6.07, 6.45) is 5.31. The number of hydrogen-bond donors (Lipinski definition) is 1. The Morgan fingerprint density at radius 2 is 2.24 bits per heavy atom. The molecule has 1 atom stereocenters. The Balaban J connectivity index is 2.16. The fourth-order valence-electron chi connectivity index (χ4n) is 2.44. The first-order valence-corrected chi connectivity index (χ1v) is 6.63. The van der Waals surface area contributed by atoms with Gasteiger partial charge in [-0.15, -0.1) is 0 Å². The molecule has 1 N–H and O–H groups in total. The lowest BCUT2D eigenvalue weighted by atomic mass is 9.79. The van der Waals surface area contributed by atoms with Crippen LogP contribution >= 0.6 is 11.6 Å². The molecule has 0 spiro atoms. The molecule has 2 rings (SSSR count). The highest BCUT2D eigenvalue weighted by Crippen LogP contribution is 2.37. The highest BCUT2D eigenvalue weighted by molar-refractivity contribution is 6.30. The number of halogens is 1. The molecule has 0 heterocycles. The Morgan fingerprint density at radius 1 is 1.47 bits per heavy atom. The number of methoxy groups -OCH3 is 1. The third kappa shape index (κ3) is 2.93. The second-order valence-corrected chi connectivity index (χ2v) is 5.20. The minimum absolute atomic E-state index is 0.368. The molecule has 0 aromatic heterocycles. The van der Waals surface area contributed by atoms with Crippen LogP contribution in [0.2, 0.25) is 5.02 Å². The monoisotopic (exact) mass is 253 g/mol. The third-order valence-electron chi connectivity index (χ3n) is 3.71. The average molecular weight is 254 g/mol. The summed E-state index contributed by atoms with van der Waals surface area (Å²) in [5, 5.41) is 4.11. The van der Waals surface area contributed by atoms with E-state index in [1.165, 1.54) is 31.2 Å². The summed E-state index contributed by atoms with van der Waals surface area (Å²) in [7, 11) is 3.71. The summed E-state index contributed by atoms with van der Waals surface area (Å²) in [5.41, 5.74) is 1.21. The van der Waals surface area contributed by atoms with Crippen molar-refractivity contribution in [2.45, 2.75) is 31.7 Å². The van der Waals surface area contributed by atoms with Gasteiger partial charge in [0.25, 0.3) is 0 Å². The fraction of sp³-hybridized carbons (Fsp3) is 0.571. The molecule has 1 aromatic rings. The Labute approximate surface area is 108 Å². The predicted molar refractivity (Wildman–Crippen MR) is 71.8 cm³/mol. The van der Waals surface area contributed by atoms with Gasteiger partial charge in [0.2, 0.25) is 0 Å². The zero-order valence-corrected chi connectivity index (χ0v) is 11.3. The molecule has 0 amide bonds. The van der Waals surface area contributed by atoms with E-state index in [1.54, 1.807) is 7.11 Å². The second-order valence-electron chi connectivity index (χ2n) is 4.76. The molecule has 0 aliphatic heterocycles. The highest BCUT2D eigenvalue weighted by Gasteiger charge is 2.23. The average Bonchev–Trinajstić information content (AvgIpc) is 2.29. The van der Waals surface area contributed by atoms with Gasteiger partial charge in [0.05, 0.1) is 7.11 Å². The van der Waals surface area contributed by atoms with E-state index in [0.717, 1.165) is 16.7 Å². The fourth-order valence-corrected chi connectivity index (χ4v) is 2.60. The zero-order chi connectivity index (χ0) is 12.3. The maximum absolute atomic E-state index is 5.99. The molecule has 1 fully saturated rings. The molecule has 0 radical (unpaired) electrons. The molecule has 0 bridgehead atoms. The summed E-state index contributed by atoms with van der Waals surface area (Å²) in [4.78, 5) is 0. The van der Waals surface area contributed by atoms with E-state index in [9.17, 15) is 0 Å². The van der Waals surface area contributed by atoms with E-state index >= 15 is 0 Å². The molecule has 2 nitrogen and oxygen atoms in total. The second kappa shape index (κ2) is 5.74. The van der Waals surface area contributed by atoms with E-state index in [1.807, 2.05) is 19.2 Å². The van der Waals surface area contributed by atoms with Crippen LogP contribution in [-0.2, 0) is 0 Å². The molecular formula is C14H20ClNO. The number of rotatable bonds is 5. The Kier molecular flexibility index (Phi) is 4.30. The minimum atomic E-state index is 0.368. The van der Waals surface area contributed by atoms with Crippen molar-refractivity contribution in [3.8, 4) is 5.75 Å². The minimum Gasteiger partial charge on any atom is -0.496 e. The molecule has 3 heteroatoms. The van der Waals surface area contributed by atoms with Crippen molar-refractivity contribution in [2.24, 2.45) is 5.92 Å². The van der Waals surface area contributed by atoms with Crippen LogP contribution < -0.4 is 10.1 Å². The SMILES string of the molecule is CNC(CC1CCC1)c1ccc(Cl)cc1OC. The summed E-state index contributed by atoms with van der Waals surface area (Å²) in [6.45, 7) is 0. The van der Waals surface area contributed by atoms with Crippen molar-refractivity contribution in [1.82, 2.24) is 5.32 Å². The van der Waals surface area contributed by atoms with Crippen LogP contribution in [0.4, 0.5) is 0 Å². The van der Waals surface area contributed by atoms with Gasteiger partial charge in [0.15, 0.2) is 0 Å². The lowest BCUT2D eigenvalue weighted by Gasteiger charge is -2.30. The predicted octanol–water partition coefficient (Wildman–Crippen LogP) is 3.80. The van der Waals surface area contributed by atoms with Gasteiger partial charge in [-0.3, -0.25) is 0 Å². The van der Waals surface area contributed by atoms with Gasteiger partial charge in [-0.1, -0.05) is 36.9 Å². The van der Waals surface area contributed by atoms with Gasteiger partial charge in [0, 0.05) is 16.6 Å². The summed E-state index contributed by atoms with van der Waals surface area (Å²) < 4.78 is 5.42. The molecule has 1 aliphatic rings. The molecule has 1 aromatic carbocycles. The number of hydrogen-bond acceptors (Lipinski definition) is 2. The summed E-state index contributed by atoms with van der Waals surface area (Å²) in [5.74, 6) is 1.75. The van der Waals surface area contributed by atoms with Crippen molar-refractivity contribution in [2.75, 3.05) is 14.2 Å². The summed E-state index contributed by atoms with van der Waals surface area (Å²) in [6, 6.07) is 6.26. The maximum atomic E-state index is 5.99.